The first-order valence-corrected chi connectivity index (χ1v) is 9.44. The van der Waals surface area contributed by atoms with Crippen LogP contribution in [0.15, 0.2) is 35.1 Å². The Morgan fingerprint density at radius 2 is 2.18 bits per heavy atom. The number of pyridine rings is 1. The number of hydrogen-bond acceptors (Lipinski definition) is 4. The summed E-state index contributed by atoms with van der Waals surface area (Å²) in [6.45, 7) is 2.33. The fourth-order valence-electron chi connectivity index (χ4n) is 2.77. The van der Waals surface area contributed by atoms with Gasteiger partial charge in [0, 0.05) is 37.8 Å². The lowest BCUT2D eigenvalue weighted by Gasteiger charge is -2.19. The van der Waals surface area contributed by atoms with Gasteiger partial charge in [-0.1, -0.05) is 18.5 Å². The lowest BCUT2D eigenvalue weighted by Crippen LogP contribution is -2.26. The van der Waals surface area contributed by atoms with Crippen LogP contribution in [0, 0.1) is 5.82 Å². The number of benzene rings is 1. The van der Waals surface area contributed by atoms with Crippen LogP contribution in [0.5, 0.6) is 5.75 Å². The summed E-state index contributed by atoms with van der Waals surface area (Å²) >= 11 is 9.37. The third-order valence-corrected chi connectivity index (χ3v) is 4.76. The molecule has 148 valence electrons. The molecular formula is C20H19BrClFN2O3. The van der Waals surface area contributed by atoms with Crippen molar-refractivity contribution < 1.29 is 23.1 Å². The minimum atomic E-state index is -2.75. The molecule has 0 unspecified atom stereocenters. The standard InChI is InChI=1S/C20H19BrClFN2O3/c1-10(16-15(26)6-5-14(23)17(16)22)13-9-25(19(27)28-20(2,3)4)18-12(13)7-11(21)8-24-18/h5-10,26H,1-4H3/t10-/m0/s1/i1D3. The number of aromatic hydroxyl groups is 1. The number of carbonyl (C=O) groups is 1. The van der Waals surface area contributed by atoms with Gasteiger partial charge in [-0.3, -0.25) is 0 Å². The zero-order valence-corrected chi connectivity index (χ0v) is 17.6. The van der Waals surface area contributed by atoms with E-state index in [9.17, 15) is 14.3 Å². The maximum atomic E-state index is 14.2. The van der Waals surface area contributed by atoms with E-state index in [1.807, 2.05) is 0 Å². The monoisotopic (exact) mass is 471 g/mol. The van der Waals surface area contributed by atoms with Crippen LogP contribution < -0.4 is 0 Å². The van der Waals surface area contributed by atoms with Crippen molar-refractivity contribution in [3.8, 4) is 5.75 Å². The second kappa shape index (κ2) is 7.37. The highest BCUT2D eigenvalue weighted by Gasteiger charge is 2.26. The highest BCUT2D eigenvalue weighted by atomic mass is 79.9. The van der Waals surface area contributed by atoms with Gasteiger partial charge in [0.25, 0.3) is 0 Å². The molecule has 0 aliphatic rings. The van der Waals surface area contributed by atoms with Crippen LogP contribution in [0.4, 0.5) is 9.18 Å². The Bertz CT molecular complexity index is 1180. The molecule has 0 bridgehead atoms. The Morgan fingerprint density at radius 3 is 2.82 bits per heavy atom. The summed E-state index contributed by atoms with van der Waals surface area (Å²) < 4.78 is 45.5. The predicted molar refractivity (Wildman–Crippen MR) is 110 cm³/mol. The Labute approximate surface area is 179 Å². The Kier molecular flexibility index (Phi) is 4.42. The largest absolute Gasteiger partial charge is 0.508 e. The zero-order valence-electron chi connectivity index (χ0n) is 18.3. The molecule has 0 saturated carbocycles. The molecule has 0 amide bonds. The van der Waals surface area contributed by atoms with Crippen molar-refractivity contribution in [2.75, 3.05) is 0 Å². The number of phenolic OH excluding ortho intramolecular Hbond substituents is 1. The molecule has 0 aliphatic heterocycles. The summed E-state index contributed by atoms with van der Waals surface area (Å²) in [5, 5.41) is 10.2. The van der Waals surface area contributed by atoms with Gasteiger partial charge in [-0.15, -0.1) is 0 Å². The van der Waals surface area contributed by atoms with Crippen molar-refractivity contribution in [3.63, 3.8) is 0 Å². The van der Waals surface area contributed by atoms with Crippen molar-refractivity contribution in [1.29, 1.82) is 0 Å². The van der Waals surface area contributed by atoms with E-state index in [0.717, 1.165) is 16.7 Å². The first kappa shape index (κ1) is 16.8. The predicted octanol–water partition coefficient (Wildman–Crippen LogP) is 6.23. The summed E-state index contributed by atoms with van der Waals surface area (Å²) in [6.07, 6.45) is 1.96. The van der Waals surface area contributed by atoms with E-state index in [-0.39, 0.29) is 16.8 Å². The summed E-state index contributed by atoms with van der Waals surface area (Å²) in [4.78, 5) is 17.0. The molecule has 5 nitrogen and oxygen atoms in total. The van der Waals surface area contributed by atoms with E-state index in [1.54, 1.807) is 26.8 Å². The molecule has 3 aromatic rings. The van der Waals surface area contributed by atoms with Crippen molar-refractivity contribution in [3.05, 3.63) is 57.0 Å². The number of hydrogen-bond donors (Lipinski definition) is 1. The summed E-state index contributed by atoms with van der Waals surface area (Å²) in [6, 6.07) is 3.57. The van der Waals surface area contributed by atoms with Crippen LogP contribution in [0.2, 0.25) is 5.02 Å². The average molecular weight is 473 g/mol. The summed E-state index contributed by atoms with van der Waals surface area (Å²) in [5.41, 5.74) is -0.854. The minimum absolute atomic E-state index is 0.109. The number of fused-ring (bicyclic) bond motifs is 1. The lowest BCUT2D eigenvalue weighted by atomic mass is 9.92. The SMILES string of the molecule is [2H]C([2H])([2H])[C@H](c1c(O)ccc(F)c1Cl)c1cn(C(=O)OC(C)(C)C)c2ncc(Br)cc12. The zero-order chi connectivity index (χ0) is 23.3. The molecule has 8 heteroatoms. The topological polar surface area (TPSA) is 64.4 Å². The van der Waals surface area contributed by atoms with Gasteiger partial charge in [0.2, 0.25) is 0 Å². The average Bonchev–Trinajstić information content (AvgIpc) is 2.97. The van der Waals surface area contributed by atoms with Gasteiger partial charge in [-0.05, 0) is 60.5 Å². The molecule has 1 aromatic carbocycles. The van der Waals surface area contributed by atoms with Gasteiger partial charge in [0.1, 0.15) is 22.8 Å². The number of nitrogens with zero attached hydrogens (tertiary/aromatic N) is 2. The van der Waals surface area contributed by atoms with Crippen molar-refractivity contribution in [1.82, 2.24) is 9.55 Å². The highest BCUT2D eigenvalue weighted by Crippen LogP contribution is 2.40. The van der Waals surface area contributed by atoms with Gasteiger partial charge in [0.05, 0.1) is 5.02 Å². The van der Waals surface area contributed by atoms with Crippen LogP contribution in [0.3, 0.4) is 0 Å². The van der Waals surface area contributed by atoms with Gasteiger partial charge in [-0.25, -0.2) is 18.7 Å². The molecule has 3 rings (SSSR count). The van der Waals surface area contributed by atoms with Crippen molar-refractivity contribution in [2.24, 2.45) is 0 Å². The number of carbonyl (C=O) groups excluding carboxylic acids is 1. The van der Waals surface area contributed by atoms with Crippen LogP contribution in [0.25, 0.3) is 11.0 Å². The number of ether oxygens (including phenoxy) is 1. The van der Waals surface area contributed by atoms with Crippen molar-refractivity contribution >= 4 is 44.7 Å². The minimum Gasteiger partial charge on any atom is -0.508 e. The van der Waals surface area contributed by atoms with Crippen LogP contribution in [-0.4, -0.2) is 26.4 Å². The van der Waals surface area contributed by atoms with Gasteiger partial charge in [0.15, 0.2) is 0 Å². The molecule has 0 aliphatic carbocycles. The number of rotatable bonds is 2. The highest BCUT2D eigenvalue weighted by molar-refractivity contribution is 9.10. The van der Waals surface area contributed by atoms with Gasteiger partial charge < -0.3 is 9.84 Å². The van der Waals surface area contributed by atoms with Crippen LogP contribution in [-0.2, 0) is 4.74 Å². The maximum absolute atomic E-state index is 14.2. The van der Waals surface area contributed by atoms with E-state index in [1.165, 1.54) is 12.4 Å². The number of aromatic nitrogens is 2. The Hall–Kier alpha value is -2.12. The normalized spacial score (nSPS) is 15.0. The number of phenols is 1. The fraction of sp³-hybridized carbons (Fsp3) is 0.300. The lowest BCUT2D eigenvalue weighted by molar-refractivity contribution is 0.0543. The molecule has 0 fully saturated rings. The van der Waals surface area contributed by atoms with E-state index < -0.39 is 41.1 Å². The second-order valence-corrected chi connectivity index (χ2v) is 8.48. The number of halogens is 3. The summed E-state index contributed by atoms with van der Waals surface area (Å²) in [7, 11) is 0. The van der Waals surface area contributed by atoms with E-state index in [0.29, 0.717) is 9.86 Å². The quantitative estimate of drug-likeness (QED) is 0.480. The Morgan fingerprint density at radius 1 is 1.46 bits per heavy atom. The second-order valence-electron chi connectivity index (χ2n) is 7.19. The van der Waals surface area contributed by atoms with E-state index in [2.05, 4.69) is 20.9 Å². The summed E-state index contributed by atoms with van der Waals surface area (Å²) in [5.74, 6) is -2.90. The van der Waals surface area contributed by atoms with Crippen molar-refractivity contribution in [2.45, 2.75) is 39.1 Å². The first-order chi connectivity index (χ1) is 14.2. The van der Waals surface area contributed by atoms with Crippen LogP contribution in [0.1, 0.15) is 48.8 Å². The van der Waals surface area contributed by atoms with Crippen LogP contribution >= 0.6 is 27.5 Å². The third-order valence-electron chi connectivity index (χ3n) is 3.94. The maximum Gasteiger partial charge on any atom is 0.420 e. The fourth-order valence-corrected chi connectivity index (χ4v) is 3.37. The molecule has 1 N–H and O–H groups in total. The molecule has 2 aromatic heterocycles. The molecular weight excluding hydrogens is 451 g/mol. The molecule has 2 heterocycles. The van der Waals surface area contributed by atoms with Gasteiger partial charge in [-0.2, -0.15) is 0 Å². The molecule has 1 atom stereocenters. The van der Waals surface area contributed by atoms with E-state index in [4.69, 9.17) is 20.5 Å². The first-order valence-electron chi connectivity index (χ1n) is 9.77. The molecule has 0 radical (unpaired) electrons. The molecule has 28 heavy (non-hydrogen) atoms. The third kappa shape index (κ3) is 3.86. The molecule has 0 saturated heterocycles. The smallest absolute Gasteiger partial charge is 0.420 e. The Balaban J connectivity index is 2.35. The van der Waals surface area contributed by atoms with Gasteiger partial charge >= 0.3 is 6.09 Å². The van der Waals surface area contributed by atoms with E-state index >= 15 is 0 Å². The molecule has 0 spiro atoms.